The lowest BCUT2D eigenvalue weighted by atomic mass is 10.1. The molecule has 0 aromatic heterocycles. The minimum Gasteiger partial charge on any atom is -0.482 e. The number of nitrogens with zero attached hydrogens (tertiary/aromatic N) is 1. The number of carbonyl (C=O) groups is 1. The Labute approximate surface area is 133 Å². The van der Waals surface area contributed by atoms with E-state index < -0.39 is 12.2 Å². The quantitative estimate of drug-likeness (QED) is 0.674. The van der Waals surface area contributed by atoms with Crippen molar-refractivity contribution >= 4 is 5.97 Å². The van der Waals surface area contributed by atoms with E-state index in [4.69, 9.17) is 15.1 Å². The van der Waals surface area contributed by atoms with Gasteiger partial charge in [-0.05, 0) is 35.4 Å². The van der Waals surface area contributed by atoms with Gasteiger partial charge >= 0.3 is 5.97 Å². The number of hydrogen-bond donors (Lipinski definition) is 3. The van der Waals surface area contributed by atoms with E-state index in [9.17, 15) is 9.90 Å². The zero-order chi connectivity index (χ0) is 16.7. The molecular formula is C17H16N2O4. The number of carboxylic acid groups (broad SMARTS) is 1. The molecule has 0 bridgehead atoms. The van der Waals surface area contributed by atoms with Crippen molar-refractivity contribution in [2.24, 2.45) is 0 Å². The van der Waals surface area contributed by atoms with Crippen molar-refractivity contribution < 1.29 is 19.7 Å². The summed E-state index contributed by atoms with van der Waals surface area (Å²) >= 11 is 0. The fraction of sp³-hybridized carbons (Fsp3) is 0.176. The van der Waals surface area contributed by atoms with Gasteiger partial charge in [-0.3, -0.25) is 5.32 Å². The highest BCUT2D eigenvalue weighted by molar-refractivity contribution is 5.68. The molecule has 1 atom stereocenters. The van der Waals surface area contributed by atoms with Crippen molar-refractivity contribution in [3.8, 4) is 11.8 Å². The van der Waals surface area contributed by atoms with Gasteiger partial charge in [0.25, 0.3) is 0 Å². The van der Waals surface area contributed by atoms with Crippen molar-refractivity contribution in [2.45, 2.75) is 12.8 Å². The molecule has 6 heteroatoms. The predicted molar refractivity (Wildman–Crippen MR) is 82.5 cm³/mol. The molecule has 0 saturated carbocycles. The molecule has 3 N–H and O–H groups in total. The second kappa shape index (κ2) is 7.94. The Hall–Kier alpha value is -2.88. The zero-order valence-corrected chi connectivity index (χ0v) is 12.3. The van der Waals surface area contributed by atoms with Crippen molar-refractivity contribution in [1.29, 1.82) is 5.26 Å². The number of carboxylic acids is 1. The van der Waals surface area contributed by atoms with Gasteiger partial charge in [-0.2, -0.15) is 5.26 Å². The highest BCUT2D eigenvalue weighted by Crippen LogP contribution is 2.14. The molecule has 0 aliphatic carbocycles. The predicted octanol–water partition coefficient (Wildman–Crippen LogP) is 1.80. The van der Waals surface area contributed by atoms with Gasteiger partial charge in [0.1, 0.15) is 12.0 Å². The van der Waals surface area contributed by atoms with Crippen LogP contribution in [0.25, 0.3) is 0 Å². The zero-order valence-electron chi connectivity index (χ0n) is 12.3. The van der Waals surface area contributed by atoms with Crippen LogP contribution in [-0.2, 0) is 11.3 Å². The number of rotatable bonds is 7. The number of aliphatic hydroxyl groups is 1. The molecule has 2 aromatic rings. The minimum absolute atomic E-state index is 0.380. The Kier molecular flexibility index (Phi) is 5.69. The summed E-state index contributed by atoms with van der Waals surface area (Å²) in [5, 5.41) is 30.3. The van der Waals surface area contributed by atoms with Crippen LogP contribution in [0, 0.1) is 11.3 Å². The van der Waals surface area contributed by atoms with Crippen LogP contribution < -0.4 is 10.1 Å². The molecule has 2 aromatic carbocycles. The van der Waals surface area contributed by atoms with Crippen molar-refractivity contribution in [1.82, 2.24) is 5.32 Å². The van der Waals surface area contributed by atoms with E-state index >= 15 is 0 Å². The van der Waals surface area contributed by atoms with Crippen LogP contribution in [0.2, 0.25) is 0 Å². The molecular weight excluding hydrogens is 296 g/mol. The number of aliphatic hydroxyl groups excluding tert-OH is 1. The molecule has 2 rings (SSSR count). The van der Waals surface area contributed by atoms with Gasteiger partial charge in [0.15, 0.2) is 6.61 Å². The number of hydrogen-bond acceptors (Lipinski definition) is 5. The molecule has 0 aliphatic heterocycles. The van der Waals surface area contributed by atoms with Crippen LogP contribution in [0.3, 0.4) is 0 Å². The van der Waals surface area contributed by atoms with Crippen LogP contribution in [0.4, 0.5) is 0 Å². The van der Waals surface area contributed by atoms with Gasteiger partial charge < -0.3 is 14.9 Å². The fourth-order valence-corrected chi connectivity index (χ4v) is 1.92. The maximum Gasteiger partial charge on any atom is 0.341 e. The van der Waals surface area contributed by atoms with Crippen LogP contribution in [0.15, 0.2) is 48.5 Å². The number of ether oxygens (including phenoxy) is 1. The summed E-state index contributed by atoms with van der Waals surface area (Å²) in [5.41, 5.74) is 2.13. The minimum atomic E-state index is -1.03. The summed E-state index contributed by atoms with van der Waals surface area (Å²) < 4.78 is 5.04. The largest absolute Gasteiger partial charge is 0.482 e. The Morgan fingerprint density at radius 1 is 1.17 bits per heavy atom. The van der Waals surface area contributed by atoms with E-state index in [1.54, 1.807) is 48.5 Å². The second-order valence-electron chi connectivity index (χ2n) is 4.84. The number of nitrogens with one attached hydrogen (secondary N) is 1. The van der Waals surface area contributed by atoms with Crippen molar-refractivity contribution in [3.63, 3.8) is 0 Å². The Morgan fingerprint density at radius 2 is 1.83 bits per heavy atom. The summed E-state index contributed by atoms with van der Waals surface area (Å²) in [4.78, 5) is 10.4. The first-order valence-electron chi connectivity index (χ1n) is 6.93. The number of benzene rings is 2. The normalized spacial score (nSPS) is 11.5. The topological polar surface area (TPSA) is 103 Å². The first-order valence-corrected chi connectivity index (χ1v) is 6.93. The molecule has 23 heavy (non-hydrogen) atoms. The third kappa shape index (κ3) is 5.11. The molecule has 0 heterocycles. The van der Waals surface area contributed by atoms with Gasteiger partial charge in [0.2, 0.25) is 0 Å². The molecule has 6 nitrogen and oxygen atoms in total. The lowest BCUT2D eigenvalue weighted by Gasteiger charge is -2.13. The van der Waals surface area contributed by atoms with Crippen LogP contribution in [0.1, 0.15) is 22.9 Å². The van der Waals surface area contributed by atoms with Gasteiger partial charge in [-0.25, -0.2) is 4.79 Å². The standard InChI is InChI=1S/C17H16N2O4/c18-9-12-1-5-14(6-2-12)17(22)19-10-13-3-7-15(8-4-13)23-11-16(20)21/h1-8,17,19,22H,10-11H2,(H,20,21). The van der Waals surface area contributed by atoms with E-state index in [2.05, 4.69) is 5.32 Å². The van der Waals surface area contributed by atoms with E-state index in [1.807, 2.05) is 6.07 Å². The highest BCUT2D eigenvalue weighted by Gasteiger charge is 2.07. The van der Waals surface area contributed by atoms with Gasteiger partial charge in [0.05, 0.1) is 11.6 Å². The lowest BCUT2D eigenvalue weighted by Crippen LogP contribution is -2.20. The summed E-state index contributed by atoms with van der Waals surface area (Å²) in [6, 6.07) is 15.6. The molecule has 1 unspecified atom stereocenters. The van der Waals surface area contributed by atoms with Crippen LogP contribution in [0.5, 0.6) is 5.75 Å². The first kappa shape index (κ1) is 16.5. The van der Waals surface area contributed by atoms with Crippen LogP contribution >= 0.6 is 0 Å². The van der Waals surface area contributed by atoms with E-state index in [-0.39, 0.29) is 6.61 Å². The first-order chi connectivity index (χ1) is 11.1. The highest BCUT2D eigenvalue weighted by atomic mass is 16.5. The molecule has 0 fully saturated rings. The second-order valence-corrected chi connectivity index (χ2v) is 4.84. The summed E-state index contributed by atoms with van der Waals surface area (Å²) in [7, 11) is 0. The van der Waals surface area contributed by atoms with Gasteiger partial charge in [-0.15, -0.1) is 0 Å². The summed E-state index contributed by atoms with van der Waals surface area (Å²) in [6.07, 6.45) is -0.842. The molecule has 0 spiro atoms. The van der Waals surface area contributed by atoms with Gasteiger partial charge in [0, 0.05) is 6.54 Å². The van der Waals surface area contributed by atoms with Crippen LogP contribution in [-0.4, -0.2) is 22.8 Å². The fourth-order valence-electron chi connectivity index (χ4n) is 1.92. The summed E-state index contributed by atoms with van der Waals surface area (Å²) in [6.45, 7) is 0.0510. The molecule has 0 saturated heterocycles. The third-order valence-corrected chi connectivity index (χ3v) is 3.14. The average molecular weight is 312 g/mol. The maximum atomic E-state index is 10.4. The maximum absolute atomic E-state index is 10.4. The van der Waals surface area contributed by atoms with Gasteiger partial charge in [-0.1, -0.05) is 24.3 Å². The Balaban J connectivity index is 1.87. The Bertz CT molecular complexity index is 690. The van der Waals surface area contributed by atoms with Crippen molar-refractivity contribution in [3.05, 3.63) is 65.2 Å². The smallest absolute Gasteiger partial charge is 0.341 e. The van der Waals surface area contributed by atoms with E-state index in [0.29, 0.717) is 23.4 Å². The van der Waals surface area contributed by atoms with E-state index in [0.717, 1.165) is 5.56 Å². The number of nitriles is 1. The average Bonchev–Trinajstić information content (AvgIpc) is 2.58. The molecule has 0 aliphatic rings. The van der Waals surface area contributed by atoms with Crippen molar-refractivity contribution in [2.75, 3.05) is 6.61 Å². The molecule has 118 valence electrons. The third-order valence-electron chi connectivity index (χ3n) is 3.14. The van der Waals surface area contributed by atoms with E-state index in [1.165, 1.54) is 0 Å². The molecule has 0 amide bonds. The Morgan fingerprint density at radius 3 is 2.39 bits per heavy atom. The lowest BCUT2D eigenvalue weighted by molar-refractivity contribution is -0.139. The number of aliphatic carboxylic acids is 1. The summed E-state index contributed by atoms with van der Waals surface area (Å²) in [5.74, 6) is -0.551. The molecule has 0 radical (unpaired) electrons. The SMILES string of the molecule is N#Cc1ccc(C(O)NCc2ccc(OCC(=O)O)cc2)cc1. The monoisotopic (exact) mass is 312 g/mol.